The highest BCUT2D eigenvalue weighted by Gasteiger charge is 2.23. The van der Waals surface area contributed by atoms with Gasteiger partial charge in [0, 0.05) is 16.7 Å². The Labute approximate surface area is 188 Å². The van der Waals surface area contributed by atoms with Crippen LogP contribution in [0.3, 0.4) is 0 Å². The van der Waals surface area contributed by atoms with Crippen LogP contribution in [0, 0.1) is 6.92 Å². The Kier molecular flexibility index (Phi) is 4.43. The quantitative estimate of drug-likeness (QED) is 0.305. The fraction of sp³-hybridized carbons (Fsp3) is 0.0667. The van der Waals surface area contributed by atoms with E-state index in [9.17, 15) is 0 Å². The van der Waals surface area contributed by atoms with E-state index < -0.39 is 0 Å². The molecule has 0 aliphatic heterocycles. The van der Waals surface area contributed by atoms with Crippen molar-refractivity contribution in [1.82, 2.24) is 9.97 Å². The number of aromatic nitrogens is 2. The number of aryl methyl sites for hydroxylation is 1. The fourth-order valence-electron chi connectivity index (χ4n) is 4.62. The van der Waals surface area contributed by atoms with Crippen LogP contribution in [-0.4, -0.2) is 9.97 Å². The summed E-state index contributed by atoms with van der Waals surface area (Å²) in [5, 5.41) is 0. The number of rotatable bonds is 3. The molecule has 32 heavy (non-hydrogen) atoms. The molecular weight excluding hydrogens is 388 g/mol. The van der Waals surface area contributed by atoms with Crippen molar-refractivity contribution in [2.75, 3.05) is 0 Å². The zero-order chi connectivity index (χ0) is 21.5. The first-order valence-electron chi connectivity index (χ1n) is 11.0. The van der Waals surface area contributed by atoms with E-state index >= 15 is 0 Å². The molecule has 0 saturated carbocycles. The van der Waals surface area contributed by atoms with Crippen LogP contribution in [0.5, 0.6) is 0 Å². The summed E-state index contributed by atoms with van der Waals surface area (Å²) in [6, 6.07) is 36.1. The van der Waals surface area contributed by atoms with Crippen LogP contribution in [0.1, 0.15) is 16.7 Å². The van der Waals surface area contributed by atoms with Gasteiger partial charge in [0.25, 0.3) is 0 Å². The van der Waals surface area contributed by atoms with E-state index in [-0.39, 0.29) is 0 Å². The highest BCUT2D eigenvalue weighted by molar-refractivity contribution is 5.90. The normalized spacial score (nSPS) is 11.8. The van der Waals surface area contributed by atoms with Crippen LogP contribution in [-0.2, 0) is 6.42 Å². The van der Waals surface area contributed by atoms with Gasteiger partial charge in [-0.05, 0) is 41.7 Å². The lowest BCUT2D eigenvalue weighted by atomic mass is 9.95. The van der Waals surface area contributed by atoms with Crippen molar-refractivity contribution in [3.63, 3.8) is 0 Å². The molecule has 152 valence electrons. The Hall–Kier alpha value is -4.04. The third kappa shape index (κ3) is 3.21. The van der Waals surface area contributed by atoms with Crippen LogP contribution >= 0.6 is 0 Å². The van der Waals surface area contributed by atoms with Gasteiger partial charge < -0.3 is 0 Å². The molecular formula is C30H22N2. The summed E-state index contributed by atoms with van der Waals surface area (Å²) in [7, 11) is 0. The second-order valence-electron chi connectivity index (χ2n) is 8.37. The minimum atomic E-state index is 0.752. The Morgan fingerprint density at radius 1 is 0.562 bits per heavy atom. The number of nitrogens with zero attached hydrogens (tertiary/aromatic N) is 2. The van der Waals surface area contributed by atoms with Gasteiger partial charge >= 0.3 is 0 Å². The molecule has 0 bridgehead atoms. The van der Waals surface area contributed by atoms with E-state index in [1.807, 2.05) is 24.3 Å². The van der Waals surface area contributed by atoms with Crippen LogP contribution in [0.25, 0.3) is 45.0 Å². The van der Waals surface area contributed by atoms with Crippen molar-refractivity contribution < 1.29 is 0 Å². The molecule has 0 atom stereocenters. The summed E-state index contributed by atoms with van der Waals surface area (Å²) in [4.78, 5) is 10.0. The molecule has 1 aliphatic rings. The SMILES string of the molecule is Cc1ccc2c(c1)-c1c(cccc1-c1cc(-c3ccccc3)nc(-c3ccccc3)n1)C2. The Bertz CT molecular complexity index is 1380. The highest BCUT2D eigenvalue weighted by Crippen LogP contribution is 2.43. The van der Waals surface area contributed by atoms with Gasteiger partial charge in [0.2, 0.25) is 0 Å². The minimum Gasteiger partial charge on any atom is -0.228 e. The van der Waals surface area contributed by atoms with E-state index in [0.717, 1.165) is 34.8 Å². The predicted molar refractivity (Wildman–Crippen MR) is 131 cm³/mol. The van der Waals surface area contributed by atoms with Crippen molar-refractivity contribution in [3.05, 3.63) is 120 Å². The van der Waals surface area contributed by atoms with Gasteiger partial charge in [-0.15, -0.1) is 0 Å². The molecule has 1 aliphatic carbocycles. The first-order chi connectivity index (χ1) is 15.8. The molecule has 4 aromatic carbocycles. The summed E-state index contributed by atoms with van der Waals surface area (Å²) in [5.74, 6) is 0.752. The standard InChI is InChI=1S/C30H22N2/c1-20-15-16-23-18-24-13-8-14-25(29(24)26(23)17-20)28-19-27(21-9-4-2-5-10-21)31-30(32-28)22-11-6-3-7-12-22/h2-17,19H,18H2,1H3. The molecule has 1 heterocycles. The molecule has 1 aromatic heterocycles. The molecule has 0 amide bonds. The lowest BCUT2D eigenvalue weighted by Crippen LogP contribution is -1.97. The van der Waals surface area contributed by atoms with Gasteiger partial charge in [-0.1, -0.05) is 103 Å². The average molecular weight is 411 g/mol. The highest BCUT2D eigenvalue weighted by atomic mass is 14.9. The molecule has 2 nitrogen and oxygen atoms in total. The number of hydrogen-bond donors (Lipinski definition) is 0. The number of fused-ring (bicyclic) bond motifs is 3. The van der Waals surface area contributed by atoms with E-state index in [1.54, 1.807) is 0 Å². The molecule has 5 aromatic rings. The number of hydrogen-bond acceptors (Lipinski definition) is 2. The molecule has 0 saturated heterocycles. The van der Waals surface area contributed by atoms with Gasteiger partial charge in [0.1, 0.15) is 0 Å². The van der Waals surface area contributed by atoms with Crippen LogP contribution in [0.4, 0.5) is 0 Å². The lowest BCUT2D eigenvalue weighted by molar-refractivity contribution is 1.18. The molecule has 2 heteroatoms. The van der Waals surface area contributed by atoms with Crippen LogP contribution in [0.15, 0.2) is 103 Å². The fourth-order valence-corrected chi connectivity index (χ4v) is 4.62. The van der Waals surface area contributed by atoms with Crippen molar-refractivity contribution in [1.29, 1.82) is 0 Å². The summed E-state index contributed by atoms with van der Waals surface area (Å²) in [6.07, 6.45) is 0.973. The molecule has 0 N–H and O–H groups in total. The van der Waals surface area contributed by atoms with Crippen molar-refractivity contribution in [2.45, 2.75) is 13.3 Å². The number of benzene rings is 4. The predicted octanol–water partition coefficient (Wildman–Crippen LogP) is 7.36. The topological polar surface area (TPSA) is 25.8 Å². The second-order valence-corrected chi connectivity index (χ2v) is 8.37. The Balaban J connectivity index is 1.60. The maximum absolute atomic E-state index is 5.06. The third-order valence-electron chi connectivity index (χ3n) is 6.17. The smallest absolute Gasteiger partial charge is 0.160 e. The summed E-state index contributed by atoms with van der Waals surface area (Å²) in [6.45, 7) is 2.16. The van der Waals surface area contributed by atoms with Gasteiger partial charge in [0.15, 0.2) is 5.82 Å². The Morgan fingerprint density at radius 2 is 1.28 bits per heavy atom. The summed E-state index contributed by atoms with van der Waals surface area (Å²) < 4.78 is 0. The molecule has 6 rings (SSSR count). The first-order valence-corrected chi connectivity index (χ1v) is 11.0. The van der Waals surface area contributed by atoms with E-state index in [4.69, 9.17) is 9.97 Å². The third-order valence-corrected chi connectivity index (χ3v) is 6.17. The van der Waals surface area contributed by atoms with Gasteiger partial charge in [-0.2, -0.15) is 0 Å². The zero-order valence-corrected chi connectivity index (χ0v) is 17.9. The van der Waals surface area contributed by atoms with Crippen LogP contribution in [0.2, 0.25) is 0 Å². The largest absolute Gasteiger partial charge is 0.228 e. The second kappa shape index (κ2) is 7.58. The van der Waals surface area contributed by atoms with E-state index in [2.05, 4.69) is 85.8 Å². The summed E-state index contributed by atoms with van der Waals surface area (Å²) >= 11 is 0. The summed E-state index contributed by atoms with van der Waals surface area (Å²) in [5.41, 5.74) is 11.9. The lowest BCUT2D eigenvalue weighted by Gasteiger charge is -2.13. The van der Waals surface area contributed by atoms with E-state index in [1.165, 1.54) is 33.4 Å². The van der Waals surface area contributed by atoms with Crippen molar-refractivity contribution in [2.24, 2.45) is 0 Å². The van der Waals surface area contributed by atoms with E-state index in [0.29, 0.717) is 0 Å². The minimum absolute atomic E-state index is 0.752. The molecule has 0 radical (unpaired) electrons. The molecule has 0 unspecified atom stereocenters. The van der Waals surface area contributed by atoms with Gasteiger partial charge in [0.05, 0.1) is 11.4 Å². The van der Waals surface area contributed by atoms with Crippen LogP contribution < -0.4 is 0 Å². The first kappa shape index (κ1) is 18.7. The zero-order valence-electron chi connectivity index (χ0n) is 17.9. The monoisotopic (exact) mass is 410 g/mol. The van der Waals surface area contributed by atoms with Crippen molar-refractivity contribution in [3.8, 4) is 45.0 Å². The maximum atomic E-state index is 5.06. The molecule has 0 fully saturated rings. The van der Waals surface area contributed by atoms with Gasteiger partial charge in [-0.3, -0.25) is 0 Å². The average Bonchev–Trinajstić information content (AvgIpc) is 3.23. The molecule has 0 spiro atoms. The maximum Gasteiger partial charge on any atom is 0.160 e. The van der Waals surface area contributed by atoms with Gasteiger partial charge in [-0.25, -0.2) is 9.97 Å². The Morgan fingerprint density at radius 3 is 2.06 bits per heavy atom. The van der Waals surface area contributed by atoms with Crippen molar-refractivity contribution >= 4 is 0 Å².